The zero-order valence-electron chi connectivity index (χ0n) is 14.1. The maximum absolute atomic E-state index is 12.4. The Morgan fingerprint density at radius 2 is 1.68 bits per heavy atom. The molecule has 1 aromatic heterocycles. The number of hydrogen-bond acceptors (Lipinski definition) is 5. The number of nitrogens with zero attached hydrogens (tertiary/aromatic N) is 2. The molecule has 0 fully saturated rings. The SMILES string of the molecule is CNc1cc(Nc2ccccc2)nc(NC(=O)c2cccc(C)c2)n1. The molecular formula is C19H19N5O. The van der Waals surface area contributed by atoms with E-state index < -0.39 is 0 Å². The van der Waals surface area contributed by atoms with Crippen LogP contribution < -0.4 is 16.0 Å². The summed E-state index contributed by atoms with van der Waals surface area (Å²) in [6.45, 7) is 1.94. The van der Waals surface area contributed by atoms with Gasteiger partial charge in [-0.1, -0.05) is 35.9 Å². The second-order valence-corrected chi connectivity index (χ2v) is 5.53. The van der Waals surface area contributed by atoms with Crippen LogP contribution in [0.1, 0.15) is 15.9 Å². The largest absolute Gasteiger partial charge is 0.373 e. The monoisotopic (exact) mass is 333 g/mol. The van der Waals surface area contributed by atoms with Gasteiger partial charge in [0.2, 0.25) is 5.95 Å². The number of anilines is 4. The number of nitrogens with one attached hydrogen (secondary N) is 3. The molecule has 1 heterocycles. The zero-order valence-corrected chi connectivity index (χ0v) is 14.1. The van der Waals surface area contributed by atoms with E-state index in [9.17, 15) is 4.79 Å². The van der Waals surface area contributed by atoms with Crippen molar-refractivity contribution in [3.63, 3.8) is 0 Å². The average Bonchev–Trinajstić information content (AvgIpc) is 2.62. The van der Waals surface area contributed by atoms with Gasteiger partial charge in [-0.3, -0.25) is 10.1 Å². The molecule has 0 aliphatic carbocycles. The molecule has 0 saturated carbocycles. The Balaban J connectivity index is 1.83. The molecule has 3 aromatic rings. The topological polar surface area (TPSA) is 78.9 Å². The van der Waals surface area contributed by atoms with Crippen LogP contribution >= 0.6 is 0 Å². The van der Waals surface area contributed by atoms with Gasteiger partial charge in [0.25, 0.3) is 5.91 Å². The first-order valence-corrected chi connectivity index (χ1v) is 7.91. The number of aromatic nitrogens is 2. The highest BCUT2D eigenvalue weighted by molar-refractivity contribution is 6.03. The van der Waals surface area contributed by atoms with E-state index in [1.165, 1.54) is 0 Å². The molecule has 126 valence electrons. The number of amides is 1. The summed E-state index contributed by atoms with van der Waals surface area (Å²) in [6, 6.07) is 18.8. The fourth-order valence-corrected chi connectivity index (χ4v) is 2.32. The minimum absolute atomic E-state index is 0.233. The zero-order chi connectivity index (χ0) is 17.6. The Bertz CT molecular complexity index is 880. The Morgan fingerprint density at radius 1 is 0.920 bits per heavy atom. The van der Waals surface area contributed by atoms with Gasteiger partial charge in [0.1, 0.15) is 11.6 Å². The molecule has 0 spiro atoms. The van der Waals surface area contributed by atoms with Gasteiger partial charge in [-0.25, -0.2) is 0 Å². The number of hydrogen-bond donors (Lipinski definition) is 3. The first-order valence-electron chi connectivity index (χ1n) is 7.91. The van der Waals surface area contributed by atoms with Gasteiger partial charge >= 0.3 is 0 Å². The molecule has 2 aromatic carbocycles. The van der Waals surface area contributed by atoms with Crippen molar-refractivity contribution < 1.29 is 4.79 Å². The Labute approximate surface area is 146 Å². The summed E-state index contributed by atoms with van der Waals surface area (Å²) in [7, 11) is 1.76. The molecule has 25 heavy (non-hydrogen) atoms. The van der Waals surface area contributed by atoms with Crippen molar-refractivity contribution >= 4 is 29.2 Å². The lowest BCUT2D eigenvalue weighted by atomic mass is 10.1. The third-order valence-corrected chi connectivity index (χ3v) is 3.53. The summed E-state index contributed by atoms with van der Waals surface area (Å²) in [6.07, 6.45) is 0. The third-order valence-electron chi connectivity index (χ3n) is 3.53. The summed E-state index contributed by atoms with van der Waals surface area (Å²) in [5.74, 6) is 1.18. The number of aryl methyl sites for hydroxylation is 1. The number of benzene rings is 2. The van der Waals surface area contributed by atoms with Crippen molar-refractivity contribution in [2.45, 2.75) is 6.92 Å². The van der Waals surface area contributed by atoms with E-state index >= 15 is 0 Å². The van der Waals surface area contributed by atoms with Crippen LogP contribution in [0.2, 0.25) is 0 Å². The van der Waals surface area contributed by atoms with Crippen molar-refractivity contribution in [2.24, 2.45) is 0 Å². The second-order valence-electron chi connectivity index (χ2n) is 5.53. The molecule has 0 unspecified atom stereocenters. The lowest BCUT2D eigenvalue weighted by Crippen LogP contribution is -2.15. The molecule has 0 saturated heterocycles. The van der Waals surface area contributed by atoms with Gasteiger partial charge in [0, 0.05) is 24.4 Å². The van der Waals surface area contributed by atoms with Crippen molar-refractivity contribution in [3.05, 3.63) is 71.8 Å². The molecule has 6 nitrogen and oxygen atoms in total. The van der Waals surface area contributed by atoms with Crippen LogP contribution in [0.3, 0.4) is 0 Å². The average molecular weight is 333 g/mol. The van der Waals surface area contributed by atoms with Crippen molar-refractivity contribution in [1.29, 1.82) is 0 Å². The van der Waals surface area contributed by atoms with E-state index in [2.05, 4.69) is 25.9 Å². The van der Waals surface area contributed by atoms with Crippen molar-refractivity contribution in [1.82, 2.24) is 9.97 Å². The molecular weight excluding hydrogens is 314 g/mol. The fraction of sp³-hybridized carbons (Fsp3) is 0.105. The summed E-state index contributed by atoms with van der Waals surface area (Å²) in [5.41, 5.74) is 2.49. The van der Waals surface area contributed by atoms with Crippen LogP contribution in [0.25, 0.3) is 0 Å². The van der Waals surface area contributed by atoms with E-state index in [0.717, 1.165) is 11.3 Å². The lowest BCUT2D eigenvalue weighted by molar-refractivity contribution is 0.102. The summed E-state index contributed by atoms with van der Waals surface area (Å²) in [5, 5.41) is 8.92. The first-order chi connectivity index (χ1) is 12.1. The Kier molecular flexibility index (Phi) is 4.89. The van der Waals surface area contributed by atoms with Crippen LogP contribution in [0.5, 0.6) is 0 Å². The standard InChI is InChI=1S/C19H19N5O/c1-13-7-6-8-14(11-13)18(25)24-19-22-16(20-2)12-17(23-19)21-15-9-4-3-5-10-15/h3-12H,1-2H3,(H3,20,21,22,23,24,25). The molecule has 6 heteroatoms. The molecule has 0 atom stereocenters. The highest BCUT2D eigenvalue weighted by atomic mass is 16.1. The normalized spacial score (nSPS) is 10.2. The molecule has 0 aliphatic rings. The van der Waals surface area contributed by atoms with Gasteiger partial charge < -0.3 is 10.6 Å². The van der Waals surface area contributed by atoms with Gasteiger partial charge in [-0.05, 0) is 31.2 Å². The van der Waals surface area contributed by atoms with E-state index in [-0.39, 0.29) is 11.9 Å². The molecule has 0 radical (unpaired) electrons. The highest BCUT2D eigenvalue weighted by Gasteiger charge is 2.10. The van der Waals surface area contributed by atoms with E-state index in [1.807, 2.05) is 55.5 Å². The maximum Gasteiger partial charge on any atom is 0.258 e. The number of rotatable bonds is 5. The van der Waals surface area contributed by atoms with Crippen LogP contribution in [0.4, 0.5) is 23.3 Å². The van der Waals surface area contributed by atoms with Crippen LogP contribution in [-0.4, -0.2) is 22.9 Å². The van der Waals surface area contributed by atoms with E-state index in [1.54, 1.807) is 19.2 Å². The number of para-hydroxylation sites is 1. The van der Waals surface area contributed by atoms with E-state index in [4.69, 9.17) is 0 Å². The van der Waals surface area contributed by atoms with Gasteiger partial charge in [-0.15, -0.1) is 0 Å². The summed E-state index contributed by atoms with van der Waals surface area (Å²) < 4.78 is 0. The minimum Gasteiger partial charge on any atom is -0.373 e. The summed E-state index contributed by atoms with van der Waals surface area (Å²) >= 11 is 0. The predicted molar refractivity (Wildman–Crippen MR) is 100 cm³/mol. The lowest BCUT2D eigenvalue weighted by Gasteiger charge is -2.10. The second kappa shape index (κ2) is 7.44. The van der Waals surface area contributed by atoms with Crippen molar-refractivity contribution in [3.8, 4) is 0 Å². The molecule has 0 aliphatic heterocycles. The number of carbonyl (C=O) groups is 1. The molecule has 1 amide bonds. The molecule has 3 rings (SSSR count). The van der Waals surface area contributed by atoms with Crippen molar-refractivity contribution in [2.75, 3.05) is 23.0 Å². The summed E-state index contributed by atoms with van der Waals surface area (Å²) in [4.78, 5) is 21.1. The van der Waals surface area contributed by atoms with Gasteiger partial charge in [0.05, 0.1) is 0 Å². The van der Waals surface area contributed by atoms with Crippen LogP contribution in [0.15, 0.2) is 60.7 Å². The van der Waals surface area contributed by atoms with Crippen LogP contribution in [-0.2, 0) is 0 Å². The quantitative estimate of drug-likeness (QED) is 0.661. The highest BCUT2D eigenvalue weighted by Crippen LogP contribution is 2.19. The minimum atomic E-state index is -0.248. The Morgan fingerprint density at radius 3 is 2.40 bits per heavy atom. The predicted octanol–water partition coefficient (Wildman–Crippen LogP) is 3.82. The van der Waals surface area contributed by atoms with Crippen LogP contribution in [0, 0.1) is 6.92 Å². The third kappa shape index (κ3) is 4.32. The van der Waals surface area contributed by atoms with E-state index in [0.29, 0.717) is 17.2 Å². The molecule has 3 N–H and O–H groups in total. The van der Waals surface area contributed by atoms with Gasteiger partial charge in [-0.2, -0.15) is 9.97 Å². The first kappa shape index (κ1) is 16.4. The Hall–Kier alpha value is -3.41. The van der Waals surface area contributed by atoms with Gasteiger partial charge in [0.15, 0.2) is 0 Å². The fourth-order valence-electron chi connectivity index (χ4n) is 2.32. The smallest absolute Gasteiger partial charge is 0.258 e. The number of carbonyl (C=O) groups excluding carboxylic acids is 1. The maximum atomic E-state index is 12.4. The molecule has 0 bridgehead atoms.